The van der Waals surface area contributed by atoms with Crippen LogP contribution in [0.5, 0.6) is 0 Å². The molecule has 1 heterocycles. The third-order valence-corrected chi connectivity index (χ3v) is 2.92. The zero-order valence-electron chi connectivity index (χ0n) is 11.4. The molecule has 1 aromatic heterocycles. The lowest BCUT2D eigenvalue weighted by Gasteiger charge is -2.03. The first-order valence-corrected chi connectivity index (χ1v) is 6.54. The second-order valence-electron chi connectivity index (χ2n) is 5.02. The highest BCUT2D eigenvalue weighted by molar-refractivity contribution is 5.88. The van der Waals surface area contributed by atoms with E-state index in [2.05, 4.69) is 37.4 Å². The van der Waals surface area contributed by atoms with Crippen molar-refractivity contribution in [2.24, 2.45) is 5.92 Å². The molecule has 2 nitrogen and oxygen atoms in total. The monoisotopic (exact) mass is 243 g/mol. The second kappa shape index (κ2) is 5.87. The summed E-state index contributed by atoms with van der Waals surface area (Å²) in [6.07, 6.45) is 4.31. The number of para-hydroxylation sites is 1. The number of rotatable bonds is 5. The van der Waals surface area contributed by atoms with Gasteiger partial charge in [-0.25, -0.2) is 0 Å². The zero-order valence-corrected chi connectivity index (χ0v) is 11.4. The van der Waals surface area contributed by atoms with Gasteiger partial charge in [-0.05, 0) is 25.5 Å². The fourth-order valence-corrected chi connectivity index (χ4v) is 2.03. The topological polar surface area (TPSA) is 25.2 Å². The van der Waals surface area contributed by atoms with E-state index in [1.807, 2.05) is 25.1 Å². The van der Waals surface area contributed by atoms with Crippen LogP contribution in [0.15, 0.2) is 34.8 Å². The number of hydrogen-bond acceptors (Lipinski definition) is 2. The van der Waals surface area contributed by atoms with Crippen LogP contribution in [0, 0.1) is 12.8 Å². The Morgan fingerprint density at radius 3 is 2.83 bits per heavy atom. The van der Waals surface area contributed by atoms with Crippen molar-refractivity contribution in [2.75, 3.05) is 13.1 Å². The van der Waals surface area contributed by atoms with Gasteiger partial charge in [-0.2, -0.15) is 0 Å². The van der Waals surface area contributed by atoms with Gasteiger partial charge in [0, 0.05) is 17.5 Å². The van der Waals surface area contributed by atoms with E-state index in [9.17, 15) is 0 Å². The van der Waals surface area contributed by atoms with Crippen molar-refractivity contribution in [3.05, 3.63) is 41.7 Å². The predicted octanol–water partition coefficient (Wildman–Crippen LogP) is 4.00. The molecule has 2 aromatic rings. The Kier molecular flexibility index (Phi) is 4.21. The van der Waals surface area contributed by atoms with E-state index in [0.29, 0.717) is 5.92 Å². The molecule has 1 aromatic carbocycles. The predicted molar refractivity (Wildman–Crippen MR) is 77.7 cm³/mol. The Labute approximate surface area is 109 Å². The van der Waals surface area contributed by atoms with Gasteiger partial charge < -0.3 is 9.73 Å². The summed E-state index contributed by atoms with van der Waals surface area (Å²) in [5.41, 5.74) is 2.15. The molecule has 0 fully saturated rings. The van der Waals surface area contributed by atoms with E-state index >= 15 is 0 Å². The van der Waals surface area contributed by atoms with Crippen LogP contribution in [0.1, 0.15) is 25.2 Å². The van der Waals surface area contributed by atoms with E-state index < -0.39 is 0 Å². The Balaban J connectivity index is 2.07. The van der Waals surface area contributed by atoms with E-state index in [1.165, 1.54) is 10.9 Å². The molecular weight excluding hydrogens is 222 g/mol. The van der Waals surface area contributed by atoms with Crippen molar-refractivity contribution in [3.63, 3.8) is 0 Å². The van der Waals surface area contributed by atoms with Gasteiger partial charge in [0.05, 0.1) is 0 Å². The lowest BCUT2D eigenvalue weighted by molar-refractivity contribution is 0.576. The van der Waals surface area contributed by atoms with Gasteiger partial charge in [-0.15, -0.1) is 0 Å². The molecule has 18 heavy (non-hydrogen) atoms. The van der Waals surface area contributed by atoms with Gasteiger partial charge in [-0.3, -0.25) is 0 Å². The lowest BCUT2D eigenvalue weighted by atomic mass is 10.1. The van der Waals surface area contributed by atoms with Gasteiger partial charge in [-0.1, -0.05) is 44.2 Å². The third kappa shape index (κ3) is 3.02. The largest absolute Gasteiger partial charge is 0.461 e. The maximum absolute atomic E-state index is 5.72. The van der Waals surface area contributed by atoms with Crippen LogP contribution in [0.3, 0.4) is 0 Å². The summed E-state index contributed by atoms with van der Waals surface area (Å²) in [5.74, 6) is 1.67. The van der Waals surface area contributed by atoms with Crippen molar-refractivity contribution < 1.29 is 4.42 Å². The Morgan fingerprint density at radius 2 is 2.06 bits per heavy atom. The quantitative estimate of drug-likeness (QED) is 0.803. The van der Waals surface area contributed by atoms with Gasteiger partial charge in [0.25, 0.3) is 0 Å². The first kappa shape index (κ1) is 12.9. The molecule has 0 unspecified atom stereocenters. The van der Waals surface area contributed by atoms with Gasteiger partial charge in [0.1, 0.15) is 11.3 Å². The maximum atomic E-state index is 5.72. The van der Waals surface area contributed by atoms with Crippen molar-refractivity contribution in [3.8, 4) is 0 Å². The number of furan rings is 1. The highest BCUT2D eigenvalue weighted by Crippen LogP contribution is 2.26. The molecule has 0 saturated carbocycles. The standard InChI is InChI=1S/C16H21NO/c1-12(2)11-17-10-6-8-14-13(3)18-16-9-5-4-7-15(14)16/h4-9,12,17H,10-11H2,1-3H3/b8-6+. The summed E-state index contributed by atoms with van der Waals surface area (Å²) in [6, 6.07) is 8.17. The van der Waals surface area contributed by atoms with Crippen molar-refractivity contribution in [2.45, 2.75) is 20.8 Å². The number of benzene rings is 1. The van der Waals surface area contributed by atoms with Crippen LogP contribution in [0.25, 0.3) is 17.0 Å². The molecule has 0 aliphatic rings. The SMILES string of the molecule is Cc1oc2ccccc2c1/C=C/CNCC(C)C. The molecule has 0 saturated heterocycles. The molecular formula is C16H21NO. The molecule has 96 valence electrons. The molecule has 0 aliphatic heterocycles. The summed E-state index contributed by atoms with van der Waals surface area (Å²) < 4.78 is 5.72. The molecule has 0 aliphatic carbocycles. The number of aryl methyl sites for hydroxylation is 1. The molecule has 0 radical (unpaired) electrons. The molecule has 0 atom stereocenters. The van der Waals surface area contributed by atoms with Gasteiger partial charge in [0.2, 0.25) is 0 Å². The highest BCUT2D eigenvalue weighted by Gasteiger charge is 2.06. The molecule has 0 bridgehead atoms. The summed E-state index contributed by atoms with van der Waals surface area (Å²) in [5, 5.41) is 4.59. The van der Waals surface area contributed by atoms with Crippen LogP contribution in [-0.4, -0.2) is 13.1 Å². The van der Waals surface area contributed by atoms with Crippen LogP contribution < -0.4 is 5.32 Å². The normalized spacial score (nSPS) is 12.0. The number of fused-ring (bicyclic) bond motifs is 1. The Morgan fingerprint density at radius 1 is 1.28 bits per heavy atom. The van der Waals surface area contributed by atoms with Gasteiger partial charge in [0.15, 0.2) is 0 Å². The molecule has 1 N–H and O–H groups in total. The maximum Gasteiger partial charge on any atom is 0.134 e. The van der Waals surface area contributed by atoms with E-state index in [-0.39, 0.29) is 0 Å². The minimum Gasteiger partial charge on any atom is -0.461 e. The fraction of sp³-hybridized carbons (Fsp3) is 0.375. The average Bonchev–Trinajstić information content (AvgIpc) is 2.65. The van der Waals surface area contributed by atoms with Crippen LogP contribution in [0.2, 0.25) is 0 Å². The molecule has 2 heteroatoms. The van der Waals surface area contributed by atoms with Crippen molar-refractivity contribution in [1.82, 2.24) is 5.32 Å². The highest BCUT2D eigenvalue weighted by atomic mass is 16.3. The number of hydrogen-bond donors (Lipinski definition) is 1. The molecule has 0 amide bonds. The molecule has 2 rings (SSSR count). The first-order valence-electron chi connectivity index (χ1n) is 6.54. The van der Waals surface area contributed by atoms with Crippen molar-refractivity contribution in [1.29, 1.82) is 0 Å². The second-order valence-corrected chi connectivity index (χ2v) is 5.02. The van der Waals surface area contributed by atoms with Crippen molar-refractivity contribution >= 4 is 17.0 Å². The van der Waals surface area contributed by atoms with Crippen LogP contribution in [-0.2, 0) is 0 Å². The zero-order chi connectivity index (χ0) is 13.0. The average molecular weight is 243 g/mol. The summed E-state index contributed by atoms with van der Waals surface area (Å²) >= 11 is 0. The fourth-order valence-electron chi connectivity index (χ4n) is 2.03. The van der Waals surface area contributed by atoms with Crippen LogP contribution >= 0.6 is 0 Å². The lowest BCUT2D eigenvalue weighted by Crippen LogP contribution is -2.19. The van der Waals surface area contributed by atoms with E-state index in [4.69, 9.17) is 4.42 Å². The minimum atomic E-state index is 0.690. The Hall–Kier alpha value is -1.54. The minimum absolute atomic E-state index is 0.690. The van der Waals surface area contributed by atoms with E-state index in [1.54, 1.807) is 0 Å². The smallest absolute Gasteiger partial charge is 0.134 e. The molecule has 0 spiro atoms. The first-order chi connectivity index (χ1) is 8.68. The summed E-state index contributed by atoms with van der Waals surface area (Å²) in [4.78, 5) is 0. The summed E-state index contributed by atoms with van der Waals surface area (Å²) in [7, 11) is 0. The number of nitrogens with one attached hydrogen (secondary N) is 1. The van der Waals surface area contributed by atoms with E-state index in [0.717, 1.165) is 24.4 Å². The van der Waals surface area contributed by atoms with Crippen LogP contribution in [0.4, 0.5) is 0 Å². The summed E-state index contributed by atoms with van der Waals surface area (Å²) in [6.45, 7) is 8.39. The third-order valence-electron chi connectivity index (χ3n) is 2.92. The Bertz CT molecular complexity index is 537. The van der Waals surface area contributed by atoms with Gasteiger partial charge >= 0.3 is 0 Å².